The van der Waals surface area contributed by atoms with E-state index in [1.165, 1.54) is 0 Å². The van der Waals surface area contributed by atoms with Crippen molar-refractivity contribution in [3.8, 4) is 0 Å². The summed E-state index contributed by atoms with van der Waals surface area (Å²) in [6.45, 7) is 4.21. The van der Waals surface area contributed by atoms with Crippen LogP contribution < -0.4 is 5.32 Å². The zero-order chi connectivity index (χ0) is 10.6. The van der Waals surface area contributed by atoms with Crippen molar-refractivity contribution in [1.29, 1.82) is 0 Å². The molecule has 2 atom stereocenters. The number of benzene rings is 1. The molecule has 14 heavy (non-hydrogen) atoms. The SMILES string of the molecule is CNC(C(C)C)C(O)c1ccccc1. The van der Waals surface area contributed by atoms with Crippen LogP contribution in [0.1, 0.15) is 25.5 Å². The van der Waals surface area contributed by atoms with E-state index in [4.69, 9.17) is 0 Å². The van der Waals surface area contributed by atoms with Gasteiger partial charge in [-0.2, -0.15) is 0 Å². The Labute approximate surface area is 86.0 Å². The second kappa shape index (κ2) is 5.13. The molecule has 0 aliphatic rings. The molecular formula is C12H19NO. The summed E-state index contributed by atoms with van der Waals surface area (Å²) in [4.78, 5) is 0. The average Bonchev–Trinajstić information content (AvgIpc) is 2.19. The Hall–Kier alpha value is -0.860. The van der Waals surface area contributed by atoms with E-state index >= 15 is 0 Å². The third-order valence-corrected chi connectivity index (χ3v) is 2.53. The minimum Gasteiger partial charge on any atom is -0.387 e. The van der Waals surface area contributed by atoms with Gasteiger partial charge in [-0.15, -0.1) is 0 Å². The molecule has 0 spiro atoms. The van der Waals surface area contributed by atoms with Crippen LogP contribution in [0, 0.1) is 5.92 Å². The number of likely N-dealkylation sites (N-methyl/N-ethyl adjacent to an activating group) is 1. The Morgan fingerprint density at radius 1 is 1.14 bits per heavy atom. The molecule has 78 valence electrons. The summed E-state index contributed by atoms with van der Waals surface area (Å²) in [6, 6.07) is 9.88. The first-order valence-electron chi connectivity index (χ1n) is 5.07. The standard InChI is InChI=1S/C12H19NO/c1-9(2)11(13-3)12(14)10-7-5-4-6-8-10/h4-9,11-14H,1-3H3. The first-order valence-corrected chi connectivity index (χ1v) is 5.07. The predicted molar refractivity (Wildman–Crippen MR) is 59.1 cm³/mol. The highest BCUT2D eigenvalue weighted by molar-refractivity contribution is 5.18. The number of aliphatic hydroxyl groups excluding tert-OH is 1. The van der Waals surface area contributed by atoms with Gasteiger partial charge in [-0.05, 0) is 18.5 Å². The van der Waals surface area contributed by atoms with Gasteiger partial charge in [0.25, 0.3) is 0 Å². The maximum absolute atomic E-state index is 10.1. The van der Waals surface area contributed by atoms with Gasteiger partial charge in [0.15, 0.2) is 0 Å². The van der Waals surface area contributed by atoms with E-state index in [1.807, 2.05) is 37.4 Å². The number of hydrogen-bond acceptors (Lipinski definition) is 2. The van der Waals surface area contributed by atoms with Crippen molar-refractivity contribution in [3.05, 3.63) is 35.9 Å². The van der Waals surface area contributed by atoms with E-state index in [1.54, 1.807) is 0 Å². The first-order chi connectivity index (χ1) is 6.66. The lowest BCUT2D eigenvalue weighted by Gasteiger charge is -2.26. The fourth-order valence-electron chi connectivity index (χ4n) is 1.71. The van der Waals surface area contributed by atoms with Crippen molar-refractivity contribution in [2.75, 3.05) is 7.05 Å². The number of nitrogens with one attached hydrogen (secondary N) is 1. The summed E-state index contributed by atoms with van der Waals surface area (Å²) in [5, 5.41) is 13.2. The fraction of sp³-hybridized carbons (Fsp3) is 0.500. The van der Waals surface area contributed by atoms with Crippen molar-refractivity contribution in [3.63, 3.8) is 0 Å². The summed E-state index contributed by atoms with van der Waals surface area (Å²) in [5.74, 6) is 0.412. The van der Waals surface area contributed by atoms with E-state index in [9.17, 15) is 5.11 Å². The van der Waals surface area contributed by atoms with Crippen LogP contribution in [-0.4, -0.2) is 18.2 Å². The molecule has 2 heteroatoms. The molecule has 0 heterocycles. The van der Waals surface area contributed by atoms with E-state index < -0.39 is 6.10 Å². The molecule has 1 aromatic carbocycles. The average molecular weight is 193 g/mol. The van der Waals surface area contributed by atoms with Crippen LogP contribution in [0.5, 0.6) is 0 Å². The highest BCUT2D eigenvalue weighted by atomic mass is 16.3. The van der Waals surface area contributed by atoms with E-state index in [0.717, 1.165) is 5.56 Å². The van der Waals surface area contributed by atoms with Crippen molar-refractivity contribution < 1.29 is 5.11 Å². The molecule has 0 saturated carbocycles. The summed E-state index contributed by atoms with van der Waals surface area (Å²) in [5.41, 5.74) is 0.973. The lowest BCUT2D eigenvalue weighted by atomic mass is 9.94. The van der Waals surface area contributed by atoms with Crippen LogP contribution in [-0.2, 0) is 0 Å². The van der Waals surface area contributed by atoms with Crippen LogP contribution in [0.25, 0.3) is 0 Å². The van der Waals surface area contributed by atoms with Gasteiger partial charge in [-0.25, -0.2) is 0 Å². The molecule has 0 amide bonds. The minimum absolute atomic E-state index is 0.109. The quantitative estimate of drug-likeness (QED) is 0.766. The zero-order valence-electron chi connectivity index (χ0n) is 9.07. The lowest BCUT2D eigenvalue weighted by molar-refractivity contribution is 0.110. The van der Waals surface area contributed by atoms with E-state index in [2.05, 4.69) is 19.2 Å². The van der Waals surface area contributed by atoms with Crippen LogP contribution in [0.2, 0.25) is 0 Å². The van der Waals surface area contributed by atoms with Crippen molar-refractivity contribution in [1.82, 2.24) is 5.32 Å². The summed E-state index contributed by atoms with van der Waals surface area (Å²) in [6.07, 6.45) is -0.429. The maximum atomic E-state index is 10.1. The minimum atomic E-state index is -0.429. The maximum Gasteiger partial charge on any atom is 0.0945 e. The smallest absolute Gasteiger partial charge is 0.0945 e. The van der Waals surface area contributed by atoms with Gasteiger partial charge >= 0.3 is 0 Å². The third kappa shape index (κ3) is 2.56. The van der Waals surface area contributed by atoms with Crippen molar-refractivity contribution in [2.45, 2.75) is 26.0 Å². The molecule has 0 fully saturated rings. The molecular weight excluding hydrogens is 174 g/mol. The normalized spacial score (nSPS) is 15.5. The largest absolute Gasteiger partial charge is 0.387 e. The first kappa shape index (κ1) is 11.2. The van der Waals surface area contributed by atoms with Crippen LogP contribution >= 0.6 is 0 Å². The van der Waals surface area contributed by atoms with Crippen LogP contribution in [0.15, 0.2) is 30.3 Å². The molecule has 0 aliphatic carbocycles. The molecule has 2 N–H and O–H groups in total. The molecule has 0 saturated heterocycles. The van der Waals surface area contributed by atoms with Gasteiger partial charge in [0.2, 0.25) is 0 Å². The van der Waals surface area contributed by atoms with Crippen LogP contribution in [0.4, 0.5) is 0 Å². The number of aliphatic hydroxyl groups is 1. The second-order valence-electron chi connectivity index (χ2n) is 3.91. The molecule has 2 unspecified atom stereocenters. The van der Waals surface area contributed by atoms with Gasteiger partial charge in [0, 0.05) is 6.04 Å². The Balaban J connectivity index is 2.78. The molecule has 0 aliphatic heterocycles. The highest BCUT2D eigenvalue weighted by Crippen LogP contribution is 2.20. The van der Waals surface area contributed by atoms with Gasteiger partial charge in [0.1, 0.15) is 0 Å². The Morgan fingerprint density at radius 3 is 2.14 bits per heavy atom. The highest BCUT2D eigenvalue weighted by Gasteiger charge is 2.21. The Bertz CT molecular complexity index is 258. The monoisotopic (exact) mass is 193 g/mol. The lowest BCUT2D eigenvalue weighted by Crippen LogP contribution is -2.36. The van der Waals surface area contributed by atoms with Crippen molar-refractivity contribution in [2.24, 2.45) is 5.92 Å². The third-order valence-electron chi connectivity index (χ3n) is 2.53. The molecule has 0 radical (unpaired) electrons. The molecule has 0 aromatic heterocycles. The Morgan fingerprint density at radius 2 is 1.71 bits per heavy atom. The van der Waals surface area contributed by atoms with Crippen LogP contribution in [0.3, 0.4) is 0 Å². The van der Waals surface area contributed by atoms with Gasteiger partial charge in [-0.3, -0.25) is 0 Å². The fourth-order valence-corrected chi connectivity index (χ4v) is 1.71. The second-order valence-corrected chi connectivity index (χ2v) is 3.91. The van der Waals surface area contributed by atoms with Gasteiger partial charge in [-0.1, -0.05) is 44.2 Å². The molecule has 0 bridgehead atoms. The summed E-state index contributed by atoms with van der Waals surface area (Å²) < 4.78 is 0. The van der Waals surface area contributed by atoms with E-state index in [0.29, 0.717) is 5.92 Å². The summed E-state index contributed by atoms with van der Waals surface area (Å²) in [7, 11) is 1.89. The Kier molecular flexibility index (Phi) is 4.11. The van der Waals surface area contributed by atoms with Crippen molar-refractivity contribution >= 4 is 0 Å². The van der Waals surface area contributed by atoms with Gasteiger partial charge < -0.3 is 10.4 Å². The molecule has 1 rings (SSSR count). The number of rotatable bonds is 4. The predicted octanol–water partition coefficient (Wildman–Crippen LogP) is 1.96. The number of hydrogen-bond donors (Lipinski definition) is 2. The zero-order valence-corrected chi connectivity index (χ0v) is 9.07. The topological polar surface area (TPSA) is 32.3 Å². The molecule has 2 nitrogen and oxygen atoms in total. The molecule has 1 aromatic rings. The summed E-state index contributed by atoms with van der Waals surface area (Å²) >= 11 is 0. The van der Waals surface area contributed by atoms with E-state index in [-0.39, 0.29) is 6.04 Å². The van der Waals surface area contributed by atoms with Gasteiger partial charge in [0.05, 0.1) is 6.10 Å².